The molecule has 0 saturated heterocycles. The van der Waals surface area contributed by atoms with Gasteiger partial charge in [0.1, 0.15) is 0 Å². The Hall–Kier alpha value is -1.85. The first kappa shape index (κ1) is 16.2. The third kappa shape index (κ3) is 5.03. The Morgan fingerprint density at radius 2 is 1.90 bits per heavy atom. The van der Waals surface area contributed by atoms with E-state index >= 15 is 0 Å². The summed E-state index contributed by atoms with van der Waals surface area (Å²) in [5, 5.41) is 18.9. The average Bonchev–Trinajstić information content (AvgIpc) is 2.80. The van der Waals surface area contributed by atoms with E-state index in [0.29, 0.717) is 17.6 Å². The Labute approximate surface area is 121 Å². The number of hydrogen-bond donors (Lipinski definition) is 3. The van der Waals surface area contributed by atoms with Crippen LogP contribution >= 0.6 is 11.6 Å². The van der Waals surface area contributed by atoms with Crippen LogP contribution in [0.1, 0.15) is 23.6 Å². The highest BCUT2D eigenvalue weighted by Gasteiger charge is 2.20. The van der Waals surface area contributed by atoms with Gasteiger partial charge in [-0.25, -0.2) is 9.59 Å². The van der Waals surface area contributed by atoms with Crippen LogP contribution < -0.4 is 5.32 Å². The highest BCUT2D eigenvalue weighted by Crippen LogP contribution is 2.30. The van der Waals surface area contributed by atoms with Crippen LogP contribution in [0, 0.1) is 0 Å². The van der Waals surface area contributed by atoms with Gasteiger partial charge in [0.25, 0.3) is 0 Å². The molecule has 1 aliphatic rings. The van der Waals surface area contributed by atoms with E-state index in [4.69, 9.17) is 31.4 Å². The SMILES string of the molecule is C=C(Cl)CN[C@@H]1CCc2ccccc21.O=C(O)C(=O)O. The Morgan fingerprint density at radius 3 is 2.45 bits per heavy atom. The molecular weight excluding hydrogens is 282 g/mol. The molecule has 0 saturated carbocycles. The first-order valence-electron chi connectivity index (χ1n) is 6.02. The number of carboxylic acid groups (broad SMARTS) is 2. The van der Waals surface area contributed by atoms with E-state index < -0.39 is 11.9 Å². The van der Waals surface area contributed by atoms with Crippen molar-refractivity contribution in [2.24, 2.45) is 0 Å². The van der Waals surface area contributed by atoms with Crippen LogP contribution in [0.4, 0.5) is 0 Å². The second kappa shape index (κ2) is 7.67. The molecule has 0 aliphatic heterocycles. The molecule has 20 heavy (non-hydrogen) atoms. The monoisotopic (exact) mass is 297 g/mol. The van der Waals surface area contributed by atoms with E-state index in [1.54, 1.807) is 0 Å². The number of nitrogens with one attached hydrogen (secondary N) is 1. The summed E-state index contributed by atoms with van der Waals surface area (Å²) in [7, 11) is 0. The minimum atomic E-state index is -1.82. The topological polar surface area (TPSA) is 86.6 Å². The standard InChI is InChI=1S/C12H14ClN.C2H2O4/c1-9(13)8-14-12-7-6-10-4-2-3-5-11(10)12;3-1(4)2(5)6/h2-5,12,14H,1,6-8H2;(H,3,4)(H,5,6)/t12-;/m1./s1. The molecule has 2 rings (SSSR count). The van der Waals surface area contributed by atoms with Crippen molar-refractivity contribution < 1.29 is 19.8 Å². The van der Waals surface area contributed by atoms with Crippen LogP contribution in [0.15, 0.2) is 35.9 Å². The number of carboxylic acids is 2. The lowest BCUT2D eigenvalue weighted by Crippen LogP contribution is -2.20. The van der Waals surface area contributed by atoms with Crippen molar-refractivity contribution in [2.45, 2.75) is 18.9 Å². The first-order valence-corrected chi connectivity index (χ1v) is 6.40. The smallest absolute Gasteiger partial charge is 0.414 e. The number of rotatable bonds is 3. The Kier molecular flexibility index (Phi) is 6.21. The largest absolute Gasteiger partial charge is 0.473 e. The van der Waals surface area contributed by atoms with Gasteiger partial charge in [0.2, 0.25) is 0 Å². The van der Waals surface area contributed by atoms with Crippen molar-refractivity contribution >= 4 is 23.5 Å². The van der Waals surface area contributed by atoms with Gasteiger partial charge in [0, 0.05) is 17.6 Å². The molecule has 0 spiro atoms. The Bertz CT molecular complexity index is 504. The van der Waals surface area contributed by atoms with E-state index in [9.17, 15) is 0 Å². The molecule has 0 radical (unpaired) electrons. The van der Waals surface area contributed by atoms with Crippen molar-refractivity contribution in [1.82, 2.24) is 5.32 Å². The quantitative estimate of drug-likeness (QED) is 0.744. The van der Waals surface area contributed by atoms with Gasteiger partial charge in [-0.05, 0) is 24.0 Å². The molecule has 1 aromatic carbocycles. The summed E-state index contributed by atoms with van der Waals surface area (Å²) in [6, 6.07) is 9.04. The zero-order chi connectivity index (χ0) is 15.1. The lowest BCUT2D eigenvalue weighted by molar-refractivity contribution is -0.159. The summed E-state index contributed by atoms with van der Waals surface area (Å²) in [4.78, 5) is 18.2. The van der Waals surface area contributed by atoms with Crippen LogP contribution in [0.25, 0.3) is 0 Å². The fourth-order valence-corrected chi connectivity index (χ4v) is 2.08. The van der Waals surface area contributed by atoms with Crippen LogP contribution in [0.3, 0.4) is 0 Å². The maximum absolute atomic E-state index is 9.10. The summed E-state index contributed by atoms with van der Waals surface area (Å²) in [5.41, 5.74) is 2.88. The zero-order valence-corrected chi connectivity index (χ0v) is 11.6. The fraction of sp³-hybridized carbons (Fsp3) is 0.286. The molecule has 5 nitrogen and oxygen atoms in total. The summed E-state index contributed by atoms with van der Waals surface area (Å²) in [5.74, 6) is -3.65. The Morgan fingerprint density at radius 1 is 1.30 bits per heavy atom. The molecule has 1 aliphatic carbocycles. The summed E-state index contributed by atoms with van der Waals surface area (Å²) < 4.78 is 0. The predicted molar refractivity (Wildman–Crippen MR) is 75.8 cm³/mol. The normalized spacial score (nSPS) is 15.8. The van der Waals surface area contributed by atoms with Gasteiger partial charge in [0.05, 0.1) is 0 Å². The molecule has 108 valence electrons. The number of hydrogen-bond acceptors (Lipinski definition) is 3. The number of aliphatic carboxylic acids is 2. The fourth-order valence-electron chi connectivity index (χ4n) is 2.00. The van der Waals surface area contributed by atoms with Gasteiger partial charge < -0.3 is 15.5 Å². The van der Waals surface area contributed by atoms with E-state index in [2.05, 4.69) is 36.2 Å². The number of benzene rings is 1. The van der Waals surface area contributed by atoms with Gasteiger partial charge in [-0.2, -0.15) is 0 Å². The third-order valence-corrected chi connectivity index (χ3v) is 2.99. The lowest BCUT2D eigenvalue weighted by Gasteiger charge is -2.12. The van der Waals surface area contributed by atoms with Gasteiger partial charge >= 0.3 is 11.9 Å². The maximum Gasteiger partial charge on any atom is 0.414 e. The summed E-state index contributed by atoms with van der Waals surface area (Å²) in [6.45, 7) is 4.37. The summed E-state index contributed by atoms with van der Waals surface area (Å²) >= 11 is 5.73. The van der Waals surface area contributed by atoms with Crippen LogP contribution in [-0.4, -0.2) is 28.7 Å². The number of fused-ring (bicyclic) bond motifs is 1. The molecule has 0 aromatic heterocycles. The molecule has 0 unspecified atom stereocenters. The first-order chi connectivity index (χ1) is 9.41. The molecule has 1 aromatic rings. The zero-order valence-electron chi connectivity index (χ0n) is 10.8. The van der Waals surface area contributed by atoms with E-state index in [1.807, 2.05) is 0 Å². The van der Waals surface area contributed by atoms with Crippen LogP contribution in [0.2, 0.25) is 0 Å². The average molecular weight is 298 g/mol. The third-order valence-electron chi connectivity index (χ3n) is 2.86. The second-order valence-corrected chi connectivity index (χ2v) is 4.83. The molecule has 1 atom stereocenters. The van der Waals surface area contributed by atoms with Gasteiger partial charge in [-0.15, -0.1) is 0 Å². The van der Waals surface area contributed by atoms with Crippen LogP contribution in [0.5, 0.6) is 0 Å². The molecule has 0 heterocycles. The highest BCUT2D eigenvalue weighted by molar-refractivity contribution is 6.29. The van der Waals surface area contributed by atoms with Gasteiger partial charge in [0.15, 0.2) is 0 Å². The van der Waals surface area contributed by atoms with Gasteiger partial charge in [-0.3, -0.25) is 0 Å². The molecule has 0 amide bonds. The molecule has 0 bridgehead atoms. The van der Waals surface area contributed by atoms with Crippen LogP contribution in [-0.2, 0) is 16.0 Å². The van der Waals surface area contributed by atoms with E-state index in [1.165, 1.54) is 24.0 Å². The summed E-state index contributed by atoms with van der Waals surface area (Å²) in [6.07, 6.45) is 2.34. The predicted octanol–water partition coefficient (Wildman–Crippen LogP) is 2.17. The van der Waals surface area contributed by atoms with E-state index in [-0.39, 0.29) is 0 Å². The minimum Gasteiger partial charge on any atom is -0.473 e. The van der Waals surface area contributed by atoms with Crippen molar-refractivity contribution in [3.63, 3.8) is 0 Å². The number of carbonyl (C=O) groups is 2. The highest BCUT2D eigenvalue weighted by atomic mass is 35.5. The van der Waals surface area contributed by atoms with Crippen molar-refractivity contribution in [3.8, 4) is 0 Å². The second-order valence-electron chi connectivity index (χ2n) is 4.30. The van der Waals surface area contributed by atoms with Crippen molar-refractivity contribution in [1.29, 1.82) is 0 Å². The number of halogens is 1. The molecule has 0 fully saturated rings. The lowest BCUT2D eigenvalue weighted by atomic mass is 10.1. The molecule has 6 heteroatoms. The van der Waals surface area contributed by atoms with Crippen molar-refractivity contribution in [2.75, 3.05) is 6.54 Å². The minimum absolute atomic E-state index is 0.460. The molecular formula is C14H16ClNO4. The van der Waals surface area contributed by atoms with E-state index in [0.717, 1.165) is 0 Å². The maximum atomic E-state index is 9.10. The number of aryl methyl sites for hydroxylation is 1. The Balaban J connectivity index is 0.000000286. The molecule has 3 N–H and O–H groups in total. The van der Waals surface area contributed by atoms with Gasteiger partial charge in [-0.1, -0.05) is 42.4 Å². The van der Waals surface area contributed by atoms with Crippen molar-refractivity contribution in [3.05, 3.63) is 47.0 Å².